The number of aromatic nitrogens is 2. The van der Waals surface area contributed by atoms with E-state index in [1.54, 1.807) is 19.2 Å². The summed E-state index contributed by atoms with van der Waals surface area (Å²) < 4.78 is 19.4. The van der Waals surface area contributed by atoms with Crippen LogP contribution in [0.4, 0.5) is 15.9 Å². The molecule has 4 nitrogen and oxygen atoms in total. The summed E-state index contributed by atoms with van der Waals surface area (Å²) in [5.41, 5.74) is 0.800. The first-order valence-electron chi connectivity index (χ1n) is 6.43. The number of hydrogen-bond donors (Lipinski definition) is 2. The fourth-order valence-corrected chi connectivity index (χ4v) is 2.68. The molecule has 2 aromatic carbocycles. The number of methoxy groups -OCH3 is 1. The van der Waals surface area contributed by atoms with E-state index in [1.165, 1.54) is 18.5 Å². The van der Waals surface area contributed by atoms with Gasteiger partial charge in [-0.15, -0.1) is 12.6 Å². The molecular weight excluding hydrogens is 360 g/mol. The van der Waals surface area contributed by atoms with Crippen molar-refractivity contribution in [1.29, 1.82) is 0 Å². The molecule has 0 radical (unpaired) electrons. The minimum atomic E-state index is -0.648. The molecule has 0 amide bonds. The van der Waals surface area contributed by atoms with Crippen LogP contribution in [0.25, 0.3) is 10.9 Å². The zero-order valence-corrected chi connectivity index (χ0v) is 14.2. The minimum absolute atomic E-state index is 0.143. The van der Waals surface area contributed by atoms with Gasteiger partial charge in [-0.1, -0.05) is 23.2 Å². The fourth-order valence-electron chi connectivity index (χ4n) is 2.09. The van der Waals surface area contributed by atoms with Gasteiger partial charge in [0.05, 0.1) is 28.4 Å². The average molecular weight is 370 g/mol. The number of fused-ring (bicyclic) bond motifs is 1. The summed E-state index contributed by atoms with van der Waals surface area (Å²) >= 11 is 16.0. The van der Waals surface area contributed by atoms with Crippen molar-refractivity contribution < 1.29 is 9.13 Å². The van der Waals surface area contributed by atoms with Gasteiger partial charge >= 0.3 is 0 Å². The Morgan fingerprint density at radius 3 is 2.74 bits per heavy atom. The molecule has 0 saturated carbocycles. The van der Waals surface area contributed by atoms with E-state index in [-0.39, 0.29) is 15.7 Å². The number of rotatable bonds is 3. The van der Waals surface area contributed by atoms with E-state index in [2.05, 4.69) is 27.9 Å². The highest BCUT2D eigenvalue weighted by Crippen LogP contribution is 2.34. The van der Waals surface area contributed by atoms with Gasteiger partial charge in [-0.25, -0.2) is 14.4 Å². The van der Waals surface area contributed by atoms with Crippen LogP contribution in [-0.4, -0.2) is 17.1 Å². The third-order valence-corrected chi connectivity index (χ3v) is 4.35. The Hall–Kier alpha value is -1.76. The summed E-state index contributed by atoms with van der Waals surface area (Å²) in [6.45, 7) is 0. The Labute approximate surface area is 147 Å². The summed E-state index contributed by atoms with van der Waals surface area (Å²) in [5.74, 6) is 0.363. The Balaban J connectivity index is 2.11. The molecule has 0 aliphatic carbocycles. The molecule has 0 unspecified atom stereocenters. The molecule has 8 heteroatoms. The number of ether oxygens (including phenoxy) is 1. The number of halogens is 3. The summed E-state index contributed by atoms with van der Waals surface area (Å²) in [7, 11) is 1.55. The number of thiol groups is 1. The van der Waals surface area contributed by atoms with Crippen molar-refractivity contribution in [3.8, 4) is 5.75 Å². The summed E-state index contributed by atoms with van der Waals surface area (Å²) in [4.78, 5) is 8.95. The largest absolute Gasteiger partial charge is 0.496 e. The second kappa shape index (κ2) is 6.39. The zero-order valence-electron chi connectivity index (χ0n) is 11.8. The molecule has 3 aromatic rings. The van der Waals surface area contributed by atoms with Gasteiger partial charge in [-0.3, -0.25) is 0 Å². The van der Waals surface area contributed by atoms with Crippen LogP contribution in [0.1, 0.15) is 0 Å². The van der Waals surface area contributed by atoms with Crippen LogP contribution >= 0.6 is 35.8 Å². The van der Waals surface area contributed by atoms with Crippen molar-refractivity contribution in [1.82, 2.24) is 9.97 Å². The van der Waals surface area contributed by atoms with E-state index in [0.717, 1.165) is 0 Å². The lowest BCUT2D eigenvalue weighted by Gasteiger charge is -2.12. The highest BCUT2D eigenvalue weighted by molar-refractivity contribution is 7.80. The molecule has 1 N–H and O–H groups in total. The van der Waals surface area contributed by atoms with Crippen LogP contribution in [-0.2, 0) is 0 Å². The Morgan fingerprint density at radius 1 is 1.22 bits per heavy atom. The summed E-state index contributed by atoms with van der Waals surface area (Å²) in [5, 5.41) is 3.57. The Morgan fingerprint density at radius 2 is 2.00 bits per heavy atom. The maximum Gasteiger partial charge on any atom is 0.166 e. The molecule has 1 heterocycles. The Bertz CT molecular complexity index is 908. The van der Waals surface area contributed by atoms with Crippen LogP contribution in [0, 0.1) is 5.82 Å². The highest BCUT2D eigenvalue weighted by atomic mass is 35.5. The molecule has 3 rings (SSSR count). The van der Waals surface area contributed by atoms with Gasteiger partial charge in [0.1, 0.15) is 17.9 Å². The van der Waals surface area contributed by atoms with Crippen LogP contribution in [0.15, 0.2) is 35.5 Å². The van der Waals surface area contributed by atoms with Crippen molar-refractivity contribution in [2.45, 2.75) is 4.90 Å². The lowest BCUT2D eigenvalue weighted by molar-refractivity contribution is 0.405. The molecule has 23 heavy (non-hydrogen) atoms. The highest BCUT2D eigenvalue weighted by Gasteiger charge is 2.13. The number of anilines is 2. The molecule has 0 fully saturated rings. The lowest BCUT2D eigenvalue weighted by atomic mass is 10.2. The monoisotopic (exact) mass is 369 g/mol. The quantitative estimate of drug-likeness (QED) is 0.497. The molecule has 0 atom stereocenters. The Kier molecular flexibility index (Phi) is 4.48. The van der Waals surface area contributed by atoms with Gasteiger partial charge in [-0.2, -0.15) is 0 Å². The topological polar surface area (TPSA) is 47.0 Å². The molecule has 1 aromatic heterocycles. The second-order valence-corrected chi connectivity index (χ2v) is 5.88. The van der Waals surface area contributed by atoms with Crippen molar-refractivity contribution in [3.05, 3.63) is 46.5 Å². The minimum Gasteiger partial charge on any atom is -0.496 e. The van der Waals surface area contributed by atoms with Gasteiger partial charge < -0.3 is 10.1 Å². The first-order chi connectivity index (χ1) is 11.0. The van der Waals surface area contributed by atoms with E-state index < -0.39 is 5.82 Å². The summed E-state index contributed by atoms with van der Waals surface area (Å²) in [6.07, 6.45) is 1.37. The molecule has 0 aliphatic rings. The first kappa shape index (κ1) is 16.1. The van der Waals surface area contributed by atoms with E-state index in [9.17, 15) is 4.39 Å². The molecule has 118 valence electrons. The number of nitrogens with one attached hydrogen (secondary N) is 1. The third-order valence-electron chi connectivity index (χ3n) is 3.22. The SMILES string of the molecule is COc1cc2ncnc(Nc3ccc(Cl)c(Cl)c3F)c2cc1S. The smallest absolute Gasteiger partial charge is 0.166 e. The maximum absolute atomic E-state index is 14.2. The standard InChI is InChI=1S/C15H10Cl2FN3OS/c1-22-11-5-10-7(4-12(11)23)15(20-6-19-10)21-9-3-2-8(16)13(17)14(9)18/h2-6,23H,1H3,(H,19,20,21). The van der Waals surface area contributed by atoms with E-state index in [4.69, 9.17) is 27.9 Å². The van der Waals surface area contributed by atoms with Crippen LogP contribution in [0.3, 0.4) is 0 Å². The average Bonchev–Trinajstić information content (AvgIpc) is 2.55. The molecule has 0 bridgehead atoms. The maximum atomic E-state index is 14.2. The van der Waals surface area contributed by atoms with Crippen LogP contribution < -0.4 is 10.1 Å². The predicted octanol–water partition coefficient (Wildman–Crippen LogP) is 5.12. The van der Waals surface area contributed by atoms with Gasteiger partial charge in [0.25, 0.3) is 0 Å². The zero-order chi connectivity index (χ0) is 16.6. The van der Waals surface area contributed by atoms with Crippen molar-refractivity contribution >= 4 is 58.2 Å². The van der Waals surface area contributed by atoms with E-state index in [0.29, 0.717) is 27.4 Å². The molecule has 0 saturated heterocycles. The van der Waals surface area contributed by atoms with Crippen molar-refractivity contribution in [2.75, 3.05) is 12.4 Å². The van der Waals surface area contributed by atoms with E-state index in [1.807, 2.05) is 0 Å². The lowest BCUT2D eigenvalue weighted by Crippen LogP contribution is -1.99. The normalized spacial score (nSPS) is 10.8. The predicted molar refractivity (Wildman–Crippen MR) is 93.0 cm³/mol. The van der Waals surface area contributed by atoms with Gasteiger partial charge in [-0.05, 0) is 18.2 Å². The second-order valence-electron chi connectivity index (χ2n) is 4.61. The molecule has 0 aliphatic heterocycles. The van der Waals surface area contributed by atoms with Crippen molar-refractivity contribution in [3.63, 3.8) is 0 Å². The fraction of sp³-hybridized carbons (Fsp3) is 0.0667. The van der Waals surface area contributed by atoms with Crippen molar-refractivity contribution in [2.24, 2.45) is 0 Å². The first-order valence-corrected chi connectivity index (χ1v) is 7.64. The van der Waals surface area contributed by atoms with Crippen LogP contribution in [0.2, 0.25) is 10.0 Å². The van der Waals surface area contributed by atoms with Crippen LogP contribution in [0.5, 0.6) is 5.75 Å². The van der Waals surface area contributed by atoms with Gasteiger partial charge in [0.15, 0.2) is 5.82 Å². The third kappa shape index (κ3) is 3.02. The number of hydrogen-bond acceptors (Lipinski definition) is 5. The summed E-state index contributed by atoms with van der Waals surface area (Å²) in [6, 6.07) is 6.47. The number of benzene rings is 2. The van der Waals surface area contributed by atoms with E-state index >= 15 is 0 Å². The number of nitrogens with zero attached hydrogens (tertiary/aromatic N) is 2. The molecular formula is C15H10Cl2FN3OS. The van der Waals surface area contributed by atoms with Gasteiger partial charge in [0, 0.05) is 16.3 Å². The molecule has 0 spiro atoms. The van der Waals surface area contributed by atoms with Gasteiger partial charge in [0.2, 0.25) is 0 Å².